The summed E-state index contributed by atoms with van der Waals surface area (Å²) in [6, 6.07) is 14.7. The van der Waals surface area contributed by atoms with Gasteiger partial charge in [0.25, 0.3) is 5.91 Å². The van der Waals surface area contributed by atoms with Gasteiger partial charge in [0.2, 0.25) is 0 Å². The lowest BCUT2D eigenvalue weighted by atomic mass is 10.0. The summed E-state index contributed by atoms with van der Waals surface area (Å²) in [6.07, 6.45) is 2.28. The van der Waals surface area contributed by atoms with Gasteiger partial charge < -0.3 is 10.1 Å². The number of hydrogen-bond acceptors (Lipinski definition) is 4. The van der Waals surface area contributed by atoms with E-state index in [0.717, 1.165) is 5.69 Å². The standard InChI is InChI=1S/C22H18BrFN2O3/c1-14(27)29-21-18(17-7-2-3-8-20(17)24)12-15(13-19(21)23)22(28)26-11-9-16-6-4-5-10-25-16/h2-8,10,12-13H,9,11H2,1H3,(H,26,28). The highest BCUT2D eigenvalue weighted by atomic mass is 79.9. The van der Waals surface area contributed by atoms with Crippen LogP contribution in [-0.2, 0) is 11.2 Å². The number of nitrogens with one attached hydrogen (secondary N) is 1. The molecule has 0 spiro atoms. The first-order chi connectivity index (χ1) is 14.0. The predicted octanol–water partition coefficient (Wildman–Crippen LogP) is 4.55. The Kier molecular flexibility index (Phi) is 6.72. The van der Waals surface area contributed by atoms with Crippen LogP contribution >= 0.6 is 15.9 Å². The number of esters is 1. The number of benzene rings is 2. The molecule has 2 aromatic carbocycles. The van der Waals surface area contributed by atoms with Crippen LogP contribution in [-0.4, -0.2) is 23.4 Å². The van der Waals surface area contributed by atoms with E-state index in [4.69, 9.17) is 4.74 Å². The van der Waals surface area contributed by atoms with Crippen LogP contribution in [0, 0.1) is 5.82 Å². The number of carbonyl (C=O) groups is 2. The molecule has 3 rings (SSSR count). The molecular weight excluding hydrogens is 439 g/mol. The van der Waals surface area contributed by atoms with Crippen LogP contribution in [0.4, 0.5) is 4.39 Å². The highest BCUT2D eigenvalue weighted by Crippen LogP contribution is 2.39. The van der Waals surface area contributed by atoms with E-state index in [1.807, 2.05) is 18.2 Å². The molecule has 3 aromatic rings. The number of carbonyl (C=O) groups excluding carboxylic acids is 2. The van der Waals surface area contributed by atoms with Gasteiger partial charge in [0.1, 0.15) is 5.82 Å². The van der Waals surface area contributed by atoms with Crippen LogP contribution in [0.15, 0.2) is 65.3 Å². The first-order valence-electron chi connectivity index (χ1n) is 8.90. The lowest BCUT2D eigenvalue weighted by molar-refractivity contribution is -0.131. The van der Waals surface area contributed by atoms with Gasteiger partial charge in [-0.15, -0.1) is 0 Å². The fourth-order valence-electron chi connectivity index (χ4n) is 2.80. The quantitative estimate of drug-likeness (QED) is 0.436. The van der Waals surface area contributed by atoms with Crippen LogP contribution in [0.25, 0.3) is 11.1 Å². The van der Waals surface area contributed by atoms with Gasteiger partial charge in [-0.2, -0.15) is 0 Å². The number of ether oxygens (including phenoxy) is 1. The number of halogens is 2. The molecule has 0 bridgehead atoms. The molecule has 1 heterocycles. The Labute approximate surface area is 176 Å². The van der Waals surface area contributed by atoms with Gasteiger partial charge in [-0.25, -0.2) is 4.39 Å². The van der Waals surface area contributed by atoms with E-state index in [2.05, 4.69) is 26.2 Å². The molecule has 0 atom stereocenters. The summed E-state index contributed by atoms with van der Waals surface area (Å²) >= 11 is 3.33. The van der Waals surface area contributed by atoms with E-state index in [0.29, 0.717) is 28.6 Å². The van der Waals surface area contributed by atoms with E-state index in [-0.39, 0.29) is 17.2 Å². The largest absolute Gasteiger partial charge is 0.425 e. The number of rotatable bonds is 6. The van der Waals surface area contributed by atoms with Gasteiger partial charge in [-0.3, -0.25) is 14.6 Å². The van der Waals surface area contributed by atoms with Crippen molar-refractivity contribution in [3.63, 3.8) is 0 Å². The van der Waals surface area contributed by atoms with Crippen molar-refractivity contribution >= 4 is 27.8 Å². The maximum atomic E-state index is 14.4. The van der Waals surface area contributed by atoms with Crippen molar-refractivity contribution < 1.29 is 18.7 Å². The molecule has 148 valence electrons. The summed E-state index contributed by atoms with van der Waals surface area (Å²) in [4.78, 5) is 28.4. The summed E-state index contributed by atoms with van der Waals surface area (Å²) in [7, 11) is 0. The Hall–Kier alpha value is -3.06. The summed E-state index contributed by atoms with van der Waals surface area (Å²) < 4.78 is 20.0. The maximum Gasteiger partial charge on any atom is 0.308 e. The van der Waals surface area contributed by atoms with Crippen LogP contribution in [0.1, 0.15) is 23.0 Å². The zero-order chi connectivity index (χ0) is 20.8. The summed E-state index contributed by atoms with van der Waals surface area (Å²) in [5, 5.41) is 2.83. The van der Waals surface area contributed by atoms with Crippen molar-refractivity contribution in [3.8, 4) is 16.9 Å². The van der Waals surface area contributed by atoms with Gasteiger partial charge >= 0.3 is 5.97 Å². The second-order valence-electron chi connectivity index (χ2n) is 6.24. The summed E-state index contributed by atoms with van der Waals surface area (Å²) in [5.41, 5.74) is 1.72. The molecule has 0 unspecified atom stereocenters. The Morgan fingerprint density at radius 3 is 2.55 bits per heavy atom. The highest BCUT2D eigenvalue weighted by molar-refractivity contribution is 9.10. The SMILES string of the molecule is CC(=O)Oc1c(Br)cc(C(=O)NCCc2ccccn2)cc1-c1ccccc1F. The van der Waals surface area contributed by atoms with Crippen molar-refractivity contribution in [1.82, 2.24) is 10.3 Å². The number of aromatic nitrogens is 1. The third-order valence-electron chi connectivity index (χ3n) is 4.11. The molecule has 0 radical (unpaired) electrons. The number of hydrogen-bond donors (Lipinski definition) is 1. The van der Waals surface area contributed by atoms with Gasteiger partial charge in [-0.1, -0.05) is 24.3 Å². The predicted molar refractivity (Wildman–Crippen MR) is 111 cm³/mol. The fourth-order valence-corrected chi connectivity index (χ4v) is 3.35. The monoisotopic (exact) mass is 456 g/mol. The molecule has 0 aliphatic carbocycles. The molecule has 0 aliphatic heterocycles. The number of amides is 1. The van der Waals surface area contributed by atoms with Crippen molar-refractivity contribution in [2.45, 2.75) is 13.3 Å². The van der Waals surface area contributed by atoms with Crippen molar-refractivity contribution in [3.05, 3.63) is 82.3 Å². The lowest BCUT2D eigenvalue weighted by Crippen LogP contribution is -2.26. The van der Waals surface area contributed by atoms with E-state index < -0.39 is 11.8 Å². The lowest BCUT2D eigenvalue weighted by Gasteiger charge is -2.14. The Balaban J connectivity index is 1.88. The van der Waals surface area contributed by atoms with Crippen LogP contribution in [0.2, 0.25) is 0 Å². The van der Waals surface area contributed by atoms with Crippen LogP contribution < -0.4 is 10.1 Å². The fraction of sp³-hybridized carbons (Fsp3) is 0.136. The first-order valence-corrected chi connectivity index (χ1v) is 9.70. The molecule has 5 nitrogen and oxygen atoms in total. The molecule has 29 heavy (non-hydrogen) atoms. The normalized spacial score (nSPS) is 10.4. The van der Waals surface area contributed by atoms with E-state index in [1.165, 1.54) is 19.1 Å². The molecule has 1 amide bonds. The summed E-state index contributed by atoms with van der Waals surface area (Å²) in [6.45, 7) is 1.66. The molecule has 1 aromatic heterocycles. The molecule has 0 aliphatic rings. The van der Waals surface area contributed by atoms with E-state index >= 15 is 0 Å². The van der Waals surface area contributed by atoms with E-state index in [9.17, 15) is 14.0 Å². The Morgan fingerprint density at radius 1 is 1.10 bits per heavy atom. The Morgan fingerprint density at radius 2 is 1.86 bits per heavy atom. The van der Waals surface area contributed by atoms with Crippen molar-refractivity contribution in [2.24, 2.45) is 0 Å². The smallest absolute Gasteiger partial charge is 0.308 e. The minimum absolute atomic E-state index is 0.160. The highest BCUT2D eigenvalue weighted by Gasteiger charge is 2.19. The van der Waals surface area contributed by atoms with Crippen LogP contribution in [0.3, 0.4) is 0 Å². The third-order valence-corrected chi connectivity index (χ3v) is 4.70. The molecule has 0 saturated heterocycles. The first kappa shape index (κ1) is 20.7. The topological polar surface area (TPSA) is 68.3 Å². The molecule has 7 heteroatoms. The third kappa shape index (κ3) is 5.26. The second-order valence-corrected chi connectivity index (χ2v) is 7.09. The zero-order valence-corrected chi connectivity index (χ0v) is 17.2. The van der Waals surface area contributed by atoms with Crippen LogP contribution in [0.5, 0.6) is 5.75 Å². The number of pyridine rings is 1. The molecule has 0 saturated carbocycles. The van der Waals surface area contributed by atoms with E-state index in [1.54, 1.807) is 30.5 Å². The number of nitrogens with zero attached hydrogens (tertiary/aromatic N) is 1. The average Bonchev–Trinajstić information content (AvgIpc) is 2.70. The second kappa shape index (κ2) is 9.43. The zero-order valence-electron chi connectivity index (χ0n) is 15.6. The maximum absolute atomic E-state index is 14.4. The minimum atomic E-state index is -0.546. The van der Waals surface area contributed by atoms with Crippen molar-refractivity contribution in [1.29, 1.82) is 0 Å². The van der Waals surface area contributed by atoms with Crippen molar-refractivity contribution in [2.75, 3.05) is 6.54 Å². The van der Waals surface area contributed by atoms with Gasteiger partial charge in [-0.05, 0) is 46.3 Å². The average molecular weight is 457 g/mol. The molecule has 0 fully saturated rings. The Bertz CT molecular complexity index is 1040. The van der Waals surface area contributed by atoms with Gasteiger partial charge in [0.05, 0.1) is 4.47 Å². The minimum Gasteiger partial charge on any atom is -0.425 e. The van der Waals surface area contributed by atoms with Gasteiger partial charge in [0.15, 0.2) is 5.75 Å². The molecular formula is C22H18BrFN2O3. The summed E-state index contributed by atoms with van der Waals surface area (Å²) in [5.74, 6) is -1.20. The molecule has 1 N–H and O–H groups in total. The van der Waals surface area contributed by atoms with Gasteiger partial charge in [0, 0.05) is 48.5 Å².